The number of nitrogens with zero attached hydrogens (tertiary/aromatic N) is 1. The van der Waals surface area contributed by atoms with Crippen LogP contribution in [-0.4, -0.2) is 24.0 Å². The first-order chi connectivity index (χ1) is 11.9. The molecule has 0 aliphatic heterocycles. The minimum absolute atomic E-state index is 0.0422. The molecule has 2 aromatic carbocycles. The number of rotatable bonds is 7. The van der Waals surface area contributed by atoms with E-state index in [9.17, 15) is 14.9 Å². The van der Waals surface area contributed by atoms with E-state index in [1.807, 2.05) is 38.1 Å². The highest BCUT2D eigenvalue weighted by Crippen LogP contribution is 2.26. The van der Waals surface area contributed by atoms with Gasteiger partial charge in [-0.2, -0.15) is 0 Å². The first kappa shape index (κ1) is 18.3. The summed E-state index contributed by atoms with van der Waals surface area (Å²) >= 11 is 0. The summed E-state index contributed by atoms with van der Waals surface area (Å²) < 4.78 is 5.10. The second kappa shape index (κ2) is 8.14. The molecule has 2 rings (SSSR count). The summed E-state index contributed by atoms with van der Waals surface area (Å²) in [5.74, 6) is 0.412. The third-order valence-corrected chi connectivity index (χ3v) is 3.52. The highest BCUT2D eigenvalue weighted by atomic mass is 16.6. The SMILES string of the molecule is COc1ccc(CNc2ccc(C(=O)NC(C)C)cc2[N+](=O)[O-])cc1. The maximum atomic E-state index is 12.0. The number of amides is 1. The molecule has 25 heavy (non-hydrogen) atoms. The monoisotopic (exact) mass is 343 g/mol. The molecule has 2 aromatic rings. The molecule has 0 aliphatic rings. The van der Waals surface area contributed by atoms with Gasteiger partial charge in [-0.25, -0.2) is 0 Å². The Bertz CT molecular complexity index is 757. The number of carbonyl (C=O) groups excluding carboxylic acids is 1. The highest BCUT2D eigenvalue weighted by Gasteiger charge is 2.17. The molecule has 0 fully saturated rings. The molecule has 132 valence electrons. The van der Waals surface area contributed by atoms with Crippen LogP contribution in [0.4, 0.5) is 11.4 Å². The minimum atomic E-state index is -0.498. The second-order valence-electron chi connectivity index (χ2n) is 5.82. The van der Waals surface area contributed by atoms with Crippen molar-refractivity contribution in [3.63, 3.8) is 0 Å². The van der Waals surface area contributed by atoms with Crippen molar-refractivity contribution in [2.75, 3.05) is 12.4 Å². The Hall–Kier alpha value is -3.09. The van der Waals surface area contributed by atoms with Crippen molar-refractivity contribution in [2.45, 2.75) is 26.4 Å². The maximum absolute atomic E-state index is 12.0. The van der Waals surface area contributed by atoms with Gasteiger partial charge in [-0.1, -0.05) is 12.1 Å². The number of hydrogen-bond donors (Lipinski definition) is 2. The molecule has 0 saturated heterocycles. The average molecular weight is 343 g/mol. The van der Waals surface area contributed by atoms with Crippen LogP contribution in [0.5, 0.6) is 5.75 Å². The van der Waals surface area contributed by atoms with Gasteiger partial charge in [-0.3, -0.25) is 14.9 Å². The molecule has 7 heteroatoms. The lowest BCUT2D eigenvalue weighted by molar-refractivity contribution is -0.384. The number of nitro groups is 1. The quantitative estimate of drug-likeness (QED) is 0.594. The van der Waals surface area contributed by atoms with Crippen molar-refractivity contribution in [1.29, 1.82) is 0 Å². The Morgan fingerprint density at radius 1 is 1.20 bits per heavy atom. The van der Waals surface area contributed by atoms with Crippen LogP contribution in [0, 0.1) is 10.1 Å². The van der Waals surface area contributed by atoms with Crippen LogP contribution < -0.4 is 15.4 Å². The van der Waals surface area contributed by atoms with E-state index in [2.05, 4.69) is 10.6 Å². The van der Waals surface area contributed by atoms with Gasteiger partial charge in [0.1, 0.15) is 11.4 Å². The summed E-state index contributed by atoms with van der Waals surface area (Å²) in [6, 6.07) is 11.8. The summed E-state index contributed by atoms with van der Waals surface area (Å²) in [4.78, 5) is 22.8. The number of hydrogen-bond acceptors (Lipinski definition) is 5. The Labute approximate surface area is 146 Å². The standard InChI is InChI=1S/C18H21N3O4/c1-12(2)20-18(22)14-6-9-16(17(10-14)21(23)24)19-11-13-4-7-15(25-3)8-5-13/h4-10,12,19H,11H2,1-3H3,(H,20,22). The molecule has 0 spiro atoms. The van der Waals surface area contributed by atoms with E-state index in [0.717, 1.165) is 11.3 Å². The van der Waals surface area contributed by atoms with E-state index < -0.39 is 4.92 Å². The zero-order chi connectivity index (χ0) is 18.4. The number of carbonyl (C=O) groups is 1. The molecule has 0 aromatic heterocycles. The summed E-state index contributed by atoms with van der Waals surface area (Å²) in [5.41, 5.74) is 1.44. The van der Waals surface area contributed by atoms with Crippen LogP contribution in [0.2, 0.25) is 0 Å². The van der Waals surface area contributed by atoms with Crippen molar-refractivity contribution < 1.29 is 14.5 Å². The molecule has 0 aliphatic carbocycles. The lowest BCUT2D eigenvalue weighted by Gasteiger charge is -2.11. The molecular formula is C18H21N3O4. The Morgan fingerprint density at radius 3 is 2.44 bits per heavy atom. The molecule has 0 heterocycles. The molecule has 0 atom stereocenters. The number of ether oxygens (including phenoxy) is 1. The lowest BCUT2D eigenvalue weighted by Crippen LogP contribution is -2.30. The van der Waals surface area contributed by atoms with Gasteiger partial charge in [0.05, 0.1) is 12.0 Å². The molecule has 2 N–H and O–H groups in total. The molecule has 1 amide bonds. The summed E-state index contributed by atoms with van der Waals surface area (Å²) in [7, 11) is 1.59. The Balaban J connectivity index is 2.16. The third-order valence-electron chi connectivity index (χ3n) is 3.52. The van der Waals surface area contributed by atoms with Crippen LogP contribution in [0.3, 0.4) is 0 Å². The highest BCUT2D eigenvalue weighted by molar-refractivity contribution is 5.95. The average Bonchev–Trinajstić information content (AvgIpc) is 2.59. The van der Waals surface area contributed by atoms with Gasteiger partial charge in [-0.15, -0.1) is 0 Å². The maximum Gasteiger partial charge on any atom is 0.293 e. The molecular weight excluding hydrogens is 322 g/mol. The smallest absolute Gasteiger partial charge is 0.293 e. The summed E-state index contributed by atoms with van der Waals surface area (Å²) in [6.07, 6.45) is 0. The van der Waals surface area contributed by atoms with E-state index in [1.165, 1.54) is 6.07 Å². The summed E-state index contributed by atoms with van der Waals surface area (Å²) in [5, 5.41) is 17.1. The van der Waals surface area contributed by atoms with Crippen LogP contribution in [0.15, 0.2) is 42.5 Å². The first-order valence-corrected chi connectivity index (χ1v) is 7.87. The summed E-state index contributed by atoms with van der Waals surface area (Å²) in [6.45, 7) is 4.08. The van der Waals surface area contributed by atoms with Gasteiger partial charge in [0, 0.05) is 24.2 Å². The van der Waals surface area contributed by atoms with Crippen LogP contribution in [0.25, 0.3) is 0 Å². The molecule has 0 radical (unpaired) electrons. The lowest BCUT2D eigenvalue weighted by atomic mass is 10.1. The van der Waals surface area contributed by atoms with Gasteiger partial charge in [-0.05, 0) is 43.7 Å². The molecule has 7 nitrogen and oxygen atoms in total. The third kappa shape index (κ3) is 4.94. The number of benzene rings is 2. The van der Waals surface area contributed by atoms with Crippen molar-refractivity contribution >= 4 is 17.3 Å². The topological polar surface area (TPSA) is 93.5 Å². The fourth-order valence-electron chi connectivity index (χ4n) is 2.26. The van der Waals surface area contributed by atoms with Gasteiger partial charge < -0.3 is 15.4 Å². The molecule has 0 unspecified atom stereocenters. The van der Waals surface area contributed by atoms with Crippen molar-refractivity contribution in [2.24, 2.45) is 0 Å². The zero-order valence-electron chi connectivity index (χ0n) is 14.4. The van der Waals surface area contributed by atoms with Crippen molar-refractivity contribution in [3.8, 4) is 5.75 Å². The van der Waals surface area contributed by atoms with Gasteiger partial charge in [0.15, 0.2) is 0 Å². The number of nitro benzene ring substituents is 1. The van der Waals surface area contributed by atoms with E-state index in [-0.39, 0.29) is 23.2 Å². The van der Waals surface area contributed by atoms with Gasteiger partial charge in [0.25, 0.3) is 11.6 Å². The normalized spacial score (nSPS) is 10.4. The van der Waals surface area contributed by atoms with E-state index in [0.29, 0.717) is 12.2 Å². The number of nitrogens with one attached hydrogen (secondary N) is 2. The largest absolute Gasteiger partial charge is 0.497 e. The Kier molecular flexibility index (Phi) is 5.94. The van der Waals surface area contributed by atoms with E-state index in [1.54, 1.807) is 19.2 Å². The molecule has 0 saturated carbocycles. The fraction of sp³-hybridized carbons (Fsp3) is 0.278. The predicted molar refractivity (Wildman–Crippen MR) is 96.0 cm³/mol. The van der Waals surface area contributed by atoms with E-state index >= 15 is 0 Å². The van der Waals surface area contributed by atoms with Crippen LogP contribution in [-0.2, 0) is 6.54 Å². The van der Waals surface area contributed by atoms with Crippen LogP contribution in [0.1, 0.15) is 29.8 Å². The Morgan fingerprint density at radius 2 is 1.88 bits per heavy atom. The van der Waals surface area contributed by atoms with Crippen molar-refractivity contribution in [3.05, 3.63) is 63.7 Å². The fourth-order valence-corrected chi connectivity index (χ4v) is 2.26. The minimum Gasteiger partial charge on any atom is -0.497 e. The van der Waals surface area contributed by atoms with E-state index in [4.69, 9.17) is 4.74 Å². The van der Waals surface area contributed by atoms with Gasteiger partial charge >= 0.3 is 0 Å². The predicted octanol–water partition coefficient (Wildman–Crippen LogP) is 3.35. The van der Waals surface area contributed by atoms with Gasteiger partial charge in [0.2, 0.25) is 0 Å². The molecule has 0 bridgehead atoms. The zero-order valence-corrected chi connectivity index (χ0v) is 14.4. The van der Waals surface area contributed by atoms with Crippen molar-refractivity contribution in [1.82, 2.24) is 5.32 Å². The number of methoxy groups -OCH3 is 1. The number of anilines is 1. The second-order valence-corrected chi connectivity index (χ2v) is 5.82. The first-order valence-electron chi connectivity index (χ1n) is 7.87. The van der Waals surface area contributed by atoms with Crippen LogP contribution >= 0.6 is 0 Å².